The van der Waals surface area contributed by atoms with E-state index in [4.69, 9.17) is 13.9 Å². The number of carbonyl (C=O) groups is 2. The van der Waals surface area contributed by atoms with Crippen LogP contribution in [-0.4, -0.2) is 62.2 Å². The van der Waals surface area contributed by atoms with Crippen molar-refractivity contribution >= 4 is 11.8 Å². The first-order valence-electron chi connectivity index (χ1n) is 8.20. The molecular formula is C18H23N3O5. The number of ether oxygens (including phenoxy) is 2. The minimum Gasteiger partial charge on any atom is -0.446 e. The van der Waals surface area contributed by atoms with Crippen LogP contribution in [0, 0.1) is 0 Å². The molecule has 0 saturated heterocycles. The molecule has 26 heavy (non-hydrogen) atoms. The van der Waals surface area contributed by atoms with Gasteiger partial charge in [0.15, 0.2) is 5.69 Å². The van der Waals surface area contributed by atoms with Crippen LogP contribution in [0.4, 0.5) is 0 Å². The van der Waals surface area contributed by atoms with Crippen molar-refractivity contribution in [2.24, 2.45) is 0 Å². The Morgan fingerprint density at radius 2 is 1.88 bits per heavy atom. The van der Waals surface area contributed by atoms with Crippen molar-refractivity contribution in [3.63, 3.8) is 0 Å². The van der Waals surface area contributed by atoms with E-state index in [9.17, 15) is 9.59 Å². The summed E-state index contributed by atoms with van der Waals surface area (Å²) in [6.07, 6.45) is 1.28. The van der Waals surface area contributed by atoms with E-state index in [1.807, 2.05) is 6.07 Å². The Labute approximate surface area is 152 Å². The fraction of sp³-hybridized carbons (Fsp3) is 0.389. The molecule has 0 radical (unpaired) electrons. The fourth-order valence-electron chi connectivity index (χ4n) is 2.23. The van der Waals surface area contributed by atoms with E-state index in [0.717, 1.165) is 0 Å². The number of nitrogens with one attached hydrogen (secondary N) is 1. The predicted octanol–water partition coefficient (Wildman–Crippen LogP) is 1.34. The number of carbonyl (C=O) groups excluding carboxylic acids is 2. The Bertz CT molecular complexity index is 702. The second kappa shape index (κ2) is 10.3. The van der Waals surface area contributed by atoms with Crippen molar-refractivity contribution in [1.82, 2.24) is 15.2 Å². The topological polar surface area (TPSA) is 93.9 Å². The van der Waals surface area contributed by atoms with Gasteiger partial charge in [-0.25, -0.2) is 4.98 Å². The number of methoxy groups -OCH3 is 2. The van der Waals surface area contributed by atoms with E-state index in [-0.39, 0.29) is 29.9 Å². The number of amides is 2. The van der Waals surface area contributed by atoms with Crippen LogP contribution < -0.4 is 5.32 Å². The fourth-order valence-corrected chi connectivity index (χ4v) is 2.23. The Morgan fingerprint density at radius 3 is 2.58 bits per heavy atom. The van der Waals surface area contributed by atoms with Gasteiger partial charge >= 0.3 is 0 Å². The number of benzene rings is 1. The molecule has 0 saturated carbocycles. The van der Waals surface area contributed by atoms with Crippen LogP contribution in [0.5, 0.6) is 0 Å². The van der Waals surface area contributed by atoms with E-state index in [1.165, 1.54) is 6.26 Å². The number of oxazole rings is 1. The first-order valence-corrected chi connectivity index (χ1v) is 8.20. The minimum absolute atomic E-state index is 0.141. The first-order chi connectivity index (χ1) is 12.7. The van der Waals surface area contributed by atoms with Crippen LogP contribution in [-0.2, 0) is 16.0 Å². The van der Waals surface area contributed by atoms with Gasteiger partial charge in [0.05, 0.1) is 19.8 Å². The summed E-state index contributed by atoms with van der Waals surface area (Å²) in [5, 5.41) is 2.66. The lowest BCUT2D eigenvalue weighted by Crippen LogP contribution is -2.33. The summed E-state index contributed by atoms with van der Waals surface area (Å²) in [6.45, 7) is 1.69. The summed E-state index contributed by atoms with van der Waals surface area (Å²) in [6, 6.07) is 8.93. The summed E-state index contributed by atoms with van der Waals surface area (Å²) in [7, 11) is 3.12. The van der Waals surface area contributed by atoms with Gasteiger partial charge in [0, 0.05) is 32.9 Å². The summed E-state index contributed by atoms with van der Waals surface area (Å²) >= 11 is 0. The van der Waals surface area contributed by atoms with Gasteiger partial charge in [-0.15, -0.1) is 0 Å². The number of aromatic nitrogens is 1. The largest absolute Gasteiger partial charge is 0.446 e. The monoisotopic (exact) mass is 361 g/mol. The van der Waals surface area contributed by atoms with Gasteiger partial charge in [-0.3, -0.25) is 9.59 Å². The molecule has 2 amide bonds. The third-order valence-electron chi connectivity index (χ3n) is 3.58. The van der Waals surface area contributed by atoms with Gasteiger partial charge in [0.25, 0.3) is 11.8 Å². The molecule has 8 nitrogen and oxygen atoms in total. The zero-order chi connectivity index (χ0) is 18.8. The van der Waals surface area contributed by atoms with Crippen LogP contribution in [0.1, 0.15) is 26.7 Å². The molecule has 0 fully saturated rings. The summed E-state index contributed by atoms with van der Waals surface area (Å²) in [5.74, 6) is -0.232. The maximum atomic E-state index is 12.7. The Balaban J connectivity index is 2.04. The molecule has 2 aromatic rings. The van der Waals surface area contributed by atoms with E-state index in [1.54, 1.807) is 43.4 Å². The Hall–Kier alpha value is -2.71. The van der Waals surface area contributed by atoms with E-state index in [0.29, 0.717) is 31.9 Å². The van der Waals surface area contributed by atoms with Crippen LogP contribution >= 0.6 is 0 Å². The third kappa shape index (κ3) is 5.68. The van der Waals surface area contributed by atoms with Crippen molar-refractivity contribution in [2.75, 3.05) is 40.5 Å². The van der Waals surface area contributed by atoms with E-state index < -0.39 is 0 Å². The molecule has 0 aliphatic heterocycles. The lowest BCUT2D eigenvalue weighted by atomic mass is 10.2. The van der Waals surface area contributed by atoms with Gasteiger partial charge in [0.2, 0.25) is 5.89 Å². The average Bonchev–Trinajstić information content (AvgIpc) is 3.14. The standard InChI is InChI=1S/C18H23N3O5/c1-24-10-8-19-17(22)15-13-26-16(20-15)12-21(9-11-25-2)18(23)14-6-4-3-5-7-14/h3-7,13H,8-12H2,1-2H3,(H,19,22). The predicted molar refractivity (Wildman–Crippen MR) is 93.8 cm³/mol. The molecule has 2 rings (SSSR count). The smallest absolute Gasteiger partial charge is 0.273 e. The molecule has 0 aliphatic rings. The summed E-state index contributed by atoms with van der Waals surface area (Å²) in [4.78, 5) is 30.4. The van der Waals surface area contributed by atoms with Crippen LogP contribution in [0.15, 0.2) is 41.0 Å². The quantitative estimate of drug-likeness (QED) is 0.642. The number of hydrogen-bond acceptors (Lipinski definition) is 6. The average molecular weight is 361 g/mol. The molecule has 0 spiro atoms. The number of nitrogens with zero attached hydrogens (tertiary/aromatic N) is 2. The van der Waals surface area contributed by atoms with Crippen molar-refractivity contribution in [1.29, 1.82) is 0 Å². The molecule has 0 aliphatic carbocycles. The molecule has 0 atom stereocenters. The highest BCUT2D eigenvalue weighted by molar-refractivity contribution is 5.94. The highest BCUT2D eigenvalue weighted by atomic mass is 16.5. The van der Waals surface area contributed by atoms with Gasteiger partial charge in [-0.1, -0.05) is 18.2 Å². The zero-order valence-electron chi connectivity index (χ0n) is 14.9. The molecule has 0 unspecified atom stereocenters. The lowest BCUT2D eigenvalue weighted by molar-refractivity contribution is 0.0663. The van der Waals surface area contributed by atoms with Crippen molar-refractivity contribution in [3.05, 3.63) is 53.7 Å². The molecule has 1 aromatic carbocycles. The highest BCUT2D eigenvalue weighted by Gasteiger charge is 2.19. The second-order valence-electron chi connectivity index (χ2n) is 5.46. The molecule has 0 bridgehead atoms. The van der Waals surface area contributed by atoms with Crippen molar-refractivity contribution < 1.29 is 23.5 Å². The maximum Gasteiger partial charge on any atom is 0.273 e. The van der Waals surface area contributed by atoms with Crippen LogP contribution in [0.3, 0.4) is 0 Å². The maximum absolute atomic E-state index is 12.7. The molecule has 1 N–H and O–H groups in total. The summed E-state index contributed by atoms with van der Waals surface area (Å²) < 4.78 is 15.3. The minimum atomic E-state index is -0.352. The van der Waals surface area contributed by atoms with Gasteiger partial charge in [0.1, 0.15) is 6.26 Å². The van der Waals surface area contributed by atoms with Gasteiger partial charge < -0.3 is 24.1 Å². The lowest BCUT2D eigenvalue weighted by Gasteiger charge is -2.20. The molecular weight excluding hydrogens is 338 g/mol. The SMILES string of the molecule is COCCNC(=O)c1coc(CN(CCOC)C(=O)c2ccccc2)n1. The number of rotatable bonds is 10. The van der Waals surface area contributed by atoms with E-state index >= 15 is 0 Å². The normalized spacial score (nSPS) is 10.5. The molecule has 1 aromatic heterocycles. The summed E-state index contributed by atoms with van der Waals surface area (Å²) in [5.41, 5.74) is 0.725. The second-order valence-corrected chi connectivity index (χ2v) is 5.46. The van der Waals surface area contributed by atoms with Crippen molar-refractivity contribution in [3.8, 4) is 0 Å². The molecule has 1 heterocycles. The van der Waals surface area contributed by atoms with Gasteiger partial charge in [-0.05, 0) is 12.1 Å². The van der Waals surface area contributed by atoms with Crippen LogP contribution in [0.2, 0.25) is 0 Å². The van der Waals surface area contributed by atoms with E-state index in [2.05, 4.69) is 10.3 Å². The highest BCUT2D eigenvalue weighted by Crippen LogP contribution is 2.10. The third-order valence-corrected chi connectivity index (χ3v) is 3.58. The van der Waals surface area contributed by atoms with Crippen molar-refractivity contribution in [2.45, 2.75) is 6.54 Å². The molecule has 8 heteroatoms. The first kappa shape index (κ1) is 19.6. The van der Waals surface area contributed by atoms with Gasteiger partial charge in [-0.2, -0.15) is 0 Å². The Kier molecular flexibility index (Phi) is 7.78. The zero-order valence-corrected chi connectivity index (χ0v) is 14.9. The number of hydrogen-bond donors (Lipinski definition) is 1. The molecule has 140 valence electrons. The van der Waals surface area contributed by atoms with Crippen LogP contribution in [0.25, 0.3) is 0 Å². The Morgan fingerprint density at radius 1 is 1.15 bits per heavy atom.